The summed E-state index contributed by atoms with van der Waals surface area (Å²) in [5.41, 5.74) is 3.94. The zero-order valence-electron chi connectivity index (χ0n) is 16.9. The van der Waals surface area contributed by atoms with Crippen LogP contribution in [0.3, 0.4) is 0 Å². The molecular formula is C24H19F4NO. The summed E-state index contributed by atoms with van der Waals surface area (Å²) in [6.07, 6.45) is -3.83. The van der Waals surface area contributed by atoms with Crippen LogP contribution in [0.1, 0.15) is 33.4 Å². The van der Waals surface area contributed by atoms with Gasteiger partial charge in [0.05, 0.1) is 5.56 Å². The second-order valence-corrected chi connectivity index (χ2v) is 7.30. The van der Waals surface area contributed by atoms with Gasteiger partial charge < -0.3 is 4.74 Å². The normalized spacial score (nSPS) is 11.3. The Morgan fingerprint density at radius 1 is 0.833 bits per heavy atom. The fraction of sp³-hybridized carbons (Fsp3) is 0.208. The molecule has 0 unspecified atom stereocenters. The zero-order chi connectivity index (χ0) is 22.2. The number of benzene rings is 3. The number of aryl methyl sites for hydroxylation is 4. The number of rotatable bonds is 4. The third-order valence-corrected chi connectivity index (χ3v) is 4.88. The van der Waals surface area contributed by atoms with E-state index < -0.39 is 34.6 Å². The van der Waals surface area contributed by atoms with Crippen LogP contribution >= 0.6 is 0 Å². The molecule has 0 aliphatic heterocycles. The highest BCUT2D eigenvalue weighted by atomic mass is 19.3. The van der Waals surface area contributed by atoms with Gasteiger partial charge in [-0.3, -0.25) is 0 Å². The highest BCUT2D eigenvalue weighted by Gasteiger charge is 2.36. The molecule has 0 aliphatic rings. The summed E-state index contributed by atoms with van der Waals surface area (Å²) in [6, 6.07) is 11.0. The molecule has 0 fully saturated rings. The van der Waals surface area contributed by atoms with Crippen LogP contribution in [0, 0.1) is 50.7 Å². The van der Waals surface area contributed by atoms with Gasteiger partial charge >= 0.3 is 6.11 Å². The third kappa shape index (κ3) is 4.02. The number of nitrogens with zero attached hydrogens (tertiary/aromatic N) is 1. The van der Waals surface area contributed by atoms with E-state index in [0.29, 0.717) is 12.1 Å². The van der Waals surface area contributed by atoms with E-state index in [2.05, 4.69) is 4.74 Å². The summed E-state index contributed by atoms with van der Waals surface area (Å²) in [4.78, 5) is 0. The van der Waals surface area contributed by atoms with Crippen LogP contribution in [0.2, 0.25) is 0 Å². The van der Waals surface area contributed by atoms with Gasteiger partial charge in [-0.1, -0.05) is 29.8 Å². The molecule has 2 nitrogen and oxygen atoms in total. The molecule has 0 heterocycles. The molecule has 0 aliphatic carbocycles. The molecule has 30 heavy (non-hydrogen) atoms. The summed E-state index contributed by atoms with van der Waals surface area (Å²) in [6.45, 7) is 7.44. The molecule has 0 saturated carbocycles. The lowest BCUT2D eigenvalue weighted by atomic mass is 9.92. The van der Waals surface area contributed by atoms with Gasteiger partial charge in [0.1, 0.15) is 29.0 Å². The number of nitriles is 1. The molecule has 3 rings (SSSR count). The van der Waals surface area contributed by atoms with Crippen LogP contribution < -0.4 is 4.74 Å². The van der Waals surface area contributed by atoms with Crippen LogP contribution in [0.4, 0.5) is 17.6 Å². The van der Waals surface area contributed by atoms with Crippen molar-refractivity contribution < 1.29 is 22.3 Å². The maximum Gasteiger partial charge on any atom is 0.426 e. The number of halogens is 4. The van der Waals surface area contributed by atoms with Crippen molar-refractivity contribution in [2.75, 3.05) is 0 Å². The Balaban J connectivity index is 1.98. The topological polar surface area (TPSA) is 33.0 Å². The van der Waals surface area contributed by atoms with Gasteiger partial charge in [-0.25, -0.2) is 8.78 Å². The van der Waals surface area contributed by atoms with E-state index in [0.717, 1.165) is 27.8 Å². The first-order valence-electron chi connectivity index (χ1n) is 9.19. The lowest BCUT2D eigenvalue weighted by Crippen LogP contribution is -2.23. The Morgan fingerprint density at radius 3 is 1.90 bits per heavy atom. The Kier molecular flexibility index (Phi) is 5.58. The van der Waals surface area contributed by atoms with E-state index in [-0.39, 0.29) is 5.56 Å². The van der Waals surface area contributed by atoms with Crippen molar-refractivity contribution in [2.24, 2.45) is 0 Å². The molecule has 3 aromatic rings. The minimum absolute atomic E-state index is 0.270. The standard InChI is InChI=1S/C24H19F4NO/c1-13-7-15(3)23(16(4)8-13)17-5-6-20(14(2)9-17)24(27,28)30-18-10-21(25)19(12-29)22(26)11-18/h5-11H,1-4H3. The van der Waals surface area contributed by atoms with Crippen molar-refractivity contribution in [3.05, 3.63) is 87.5 Å². The van der Waals surface area contributed by atoms with Gasteiger partial charge in [-0.15, -0.1) is 0 Å². The molecule has 0 aromatic heterocycles. The Labute approximate surface area is 172 Å². The SMILES string of the molecule is Cc1cc(C)c(-c2ccc(C(F)(F)Oc3cc(F)c(C#N)c(F)c3)c(C)c2)c(C)c1. The predicted octanol–water partition coefficient (Wildman–Crippen LogP) is 6.87. The van der Waals surface area contributed by atoms with Gasteiger partial charge in [0.25, 0.3) is 0 Å². The lowest BCUT2D eigenvalue weighted by Gasteiger charge is -2.21. The fourth-order valence-electron chi connectivity index (χ4n) is 3.70. The van der Waals surface area contributed by atoms with Crippen LogP contribution in [-0.2, 0) is 6.11 Å². The minimum atomic E-state index is -3.83. The van der Waals surface area contributed by atoms with Crippen LogP contribution in [-0.4, -0.2) is 0 Å². The molecule has 0 bridgehead atoms. The average molecular weight is 413 g/mol. The van der Waals surface area contributed by atoms with E-state index in [1.54, 1.807) is 12.1 Å². The highest BCUT2D eigenvalue weighted by molar-refractivity contribution is 5.72. The van der Waals surface area contributed by atoms with Gasteiger partial charge in [-0.2, -0.15) is 14.0 Å². The van der Waals surface area contributed by atoms with Crippen molar-refractivity contribution in [3.63, 3.8) is 0 Å². The Morgan fingerprint density at radius 2 is 1.40 bits per heavy atom. The fourth-order valence-corrected chi connectivity index (χ4v) is 3.70. The maximum atomic E-state index is 14.8. The summed E-state index contributed by atoms with van der Waals surface area (Å²) in [5.74, 6) is -3.23. The molecule has 0 N–H and O–H groups in total. The first-order valence-corrected chi connectivity index (χ1v) is 9.19. The van der Waals surface area contributed by atoms with E-state index in [1.165, 1.54) is 19.1 Å². The molecule has 3 aromatic carbocycles. The first-order chi connectivity index (χ1) is 14.0. The average Bonchev–Trinajstić information content (AvgIpc) is 2.60. The van der Waals surface area contributed by atoms with Crippen LogP contribution in [0.25, 0.3) is 11.1 Å². The molecule has 0 amide bonds. The summed E-state index contributed by atoms with van der Waals surface area (Å²) >= 11 is 0. The number of ether oxygens (including phenoxy) is 1. The Hall–Kier alpha value is -3.33. The van der Waals surface area contributed by atoms with Gasteiger partial charge in [0, 0.05) is 12.1 Å². The molecule has 6 heteroatoms. The predicted molar refractivity (Wildman–Crippen MR) is 106 cm³/mol. The van der Waals surface area contributed by atoms with Crippen LogP contribution in [0.5, 0.6) is 5.75 Å². The second kappa shape index (κ2) is 7.83. The number of alkyl halides is 2. The van der Waals surface area contributed by atoms with Gasteiger partial charge in [0.2, 0.25) is 0 Å². The molecule has 154 valence electrons. The molecule has 0 spiro atoms. The number of hydrogen-bond acceptors (Lipinski definition) is 2. The monoisotopic (exact) mass is 413 g/mol. The van der Waals surface area contributed by atoms with Gasteiger partial charge in [0.15, 0.2) is 0 Å². The smallest absolute Gasteiger partial charge is 0.426 e. The van der Waals surface area contributed by atoms with Crippen LogP contribution in [0.15, 0.2) is 42.5 Å². The first kappa shape index (κ1) is 21.4. The van der Waals surface area contributed by atoms with E-state index in [9.17, 15) is 17.6 Å². The zero-order valence-corrected chi connectivity index (χ0v) is 16.9. The molecule has 0 atom stereocenters. The highest BCUT2D eigenvalue weighted by Crippen LogP contribution is 2.37. The van der Waals surface area contributed by atoms with Gasteiger partial charge in [-0.05, 0) is 61.6 Å². The van der Waals surface area contributed by atoms with E-state index >= 15 is 0 Å². The number of hydrogen-bond donors (Lipinski definition) is 0. The van der Waals surface area contributed by atoms with Crippen molar-refractivity contribution in [2.45, 2.75) is 33.8 Å². The maximum absolute atomic E-state index is 14.8. The second-order valence-electron chi connectivity index (χ2n) is 7.30. The Bertz CT molecular complexity index is 1130. The van der Waals surface area contributed by atoms with E-state index in [1.807, 2.05) is 32.9 Å². The largest absolute Gasteiger partial charge is 0.429 e. The molecule has 0 saturated heterocycles. The summed E-state index contributed by atoms with van der Waals surface area (Å²) in [5, 5.41) is 8.69. The summed E-state index contributed by atoms with van der Waals surface area (Å²) < 4.78 is 61.6. The lowest BCUT2D eigenvalue weighted by molar-refractivity contribution is -0.186. The molecular weight excluding hydrogens is 394 g/mol. The van der Waals surface area contributed by atoms with E-state index in [4.69, 9.17) is 5.26 Å². The third-order valence-electron chi connectivity index (χ3n) is 4.88. The molecule has 0 radical (unpaired) electrons. The van der Waals surface area contributed by atoms with Crippen molar-refractivity contribution in [1.29, 1.82) is 5.26 Å². The van der Waals surface area contributed by atoms with Crippen molar-refractivity contribution in [3.8, 4) is 22.9 Å². The van der Waals surface area contributed by atoms with Crippen molar-refractivity contribution in [1.82, 2.24) is 0 Å². The summed E-state index contributed by atoms with van der Waals surface area (Å²) in [7, 11) is 0. The van der Waals surface area contributed by atoms with Crippen molar-refractivity contribution >= 4 is 0 Å². The minimum Gasteiger partial charge on any atom is -0.429 e. The quantitative estimate of drug-likeness (QED) is 0.438.